The quantitative estimate of drug-likeness (QED) is 0.757. The number of rotatable bonds is 6. The van der Waals surface area contributed by atoms with Gasteiger partial charge in [0.05, 0.1) is 19.1 Å². The van der Waals surface area contributed by atoms with Crippen molar-refractivity contribution in [3.8, 4) is 17.1 Å². The Bertz CT molecular complexity index is 778. The van der Waals surface area contributed by atoms with Gasteiger partial charge in [0, 0.05) is 24.6 Å². The monoisotopic (exact) mass is 312 g/mol. The van der Waals surface area contributed by atoms with Crippen LogP contribution in [-0.2, 0) is 6.42 Å². The number of amides is 1. The summed E-state index contributed by atoms with van der Waals surface area (Å²) in [5.74, 6) is 1.47. The number of nitrogens with one attached hydrogen (secondary N) is 1. The molecule has 118 valence electrons. The normalized spacial score (nSPS) is 10.5. The molecule has 0 saturated heterocycles. The number of ether oxygens (including phenoxy) is 1. The second kappa shape index (κ2) is 6.83. The predicted molar refractivity (Wildman–Crippen MR) is 83.2 cm³/mol. The molecule has 0 atom stereocenters. The first kappa shape index (κ1) is 14.9. The number of furan rings is 1. The van der Waals surface area contributed by atoms with Crippen molar-refractivity contribution in [1.82, 2.24) is 10.5 Å². The molecule has 0 spiro atoms. The molecule has 3 aromatic rings. The zero-order chi connectivity index (χ0) is 16.1. The molecular weight excluding hydrogens is 296 g/mol. The summed E-state index contributed by atoms with van der Waals surface area (Å²) in [5, 5.41) is 6.78. The van der Waals surface area contributed by atoms with Crippen molar-refractivity contribution < 1.29 is 18.5 Å². The fourth-order valence-electron chi connectivity index (χ4n) is 2.14. The van der Waals surface area contributed by atoms with E-state index >= 15 is 0 Å². The van der Waals surface area contributed by atoms with Crippen LogP contribution in [0.4, 0.5) is 0 Å². The SMILES string of the molecule is COc1cccc(-c2cc(CCNC(=O)c3ccco3)no2)c1. The first-order chi connectivity index (χ1) is 11.3. The van der Waals surface area contributed by atoms with Gasteiger partial charge in [0.1, 0.15) is 5.75 Å². The van der Waals surface area contributed by atoms with Crippen molar-refractivity contribution in [1.29, 1.82) is 0 Å². The Morgan fingerprint density at radius 3 is 2.96 bits per heavy atom. The van der Waals surface area contributed by atoms with Gasteiger partial charge in [-0.05, 0) is 24.3 Å². The second-order valence-electron chi connectivity index (χ2n) is 4.90. The fraction of sp³-hybridized carbons (Fsp3) is 0.176. The van der Waals surface area contributed by atoms with Crippen molar-refractivity contribution in [2.24, 2.45) is 0 Å². The summed E-state index contributed by atoms with van der Waals surface area (Å²) < 4.78 is 15.6. The number of benzene rings is 1. The molecule has 3 rings (SSSR count). The minimum absolute atomic E-state index is 0.244. The van der Waals surface area contributed by atoms with Gasteiger partial charge in [-0.15, -0.1) is 0 Å². The highest BCUT2D eigenvalue weighted by atomic mass is 16.5. The molecule has 6 heteroatoms. The summed E-state index contributed by atoms with van der Waals surface area (Å²) in [6.45, 7) is 0.448. The van der Waals surface area contributed by atoms with Gasteiger partial charge in [0.25, 0.3) is 5.91 Å². The second-order valence-corrected chi connectivity index (χ2v) is 4.90. The van der Waals surface area contributed by atoms with Crippen LogP contribution in [0.5, 0.6) is 5.75 Å². The van der Waals surface area contributed by atoms with E-state index in [1.54, 1.807) is 19.2 Å². The zero-order valence-electron chi connectivity index (χ0n) is 12.6. The van der Waals surface area contributed by atoms with Crippen LogP contribution in [-0.4, -0.2) is 24.7 Å². The molecule has 0 saturated carbocycles. The van der Waals surface area contributed by atoms with Crippen molar-refractivity contribution in [3.63, 3.8) is 0 Å². The number of hydrogen-bond acceptors (Lipinski definition) is 5. The van der Waals surface area contributed by atoms with E-state index in [9.17, 15) is 4.79 Å². The molecule has 0 radical (unpaired) electrons. The average Bonchev–Trinajstić information content (AvgIpc) is 3.26. The Morgan fingerprint density at radius 2 is 2.17 bits per heavy atom. The molecule has 2 heterocycles. The van der Waals surface area contributed by atoms with E-state index in [0.717, 1.165) is 17.0 Å². The topological polar surface area (TPSA) is 77.5 Å². The molecule has 2 aromatic heterocycles. The lowest BCUT2D eigenvalue weighted by molar-refractivity contribution is 0.0926. The molecule has 0 aliphatic carbocycles. The molecule has 1 amide bonds. The third-order valence-corrected chi connectivity index (χ3v) is 3.32. The van der Waals surface area contributed by atoms with Gasteiger partial charge in [-0.3, -0.25) is 4.79 Å². The summed E-state index contributed by atoms with van der Waals surface area (Å²) in [4.78, 5) is 11.7. The Hall–Kier alpha value is -3.02. The highest BCUT2D eigenvalue weighted by Gasteiger charge is 2.10. The van der Waals surface area contributed by atoms with Gasteiger partial charge < -0.3 is 19.0 Å². The first-order valence-corrected chi connectivity index (χ1v) is 7.18. The van der Waals surface area contributed by atoms with Gasteiger partial charge in [0.2, 0.25) is 0 Å². The lowest BCUT2D eigenvalue weighted by Crippen LogP contribution is -2.25. The maximum Gasteiger partial charge on any atom is 0.286 e. The minimum atomic E-state index is -0.244. The first-order valence-electron chi connectivity index (χ1n) is 7.18. The van der Waals surface area contributed by atoms with E-state index in [4.69, 9.17) is 13.7 Å². The Morgan fingerprint density at radius 1 is 1.26 bits per heavy atom. The van der Waals surface area contributed by atoms with Crippen LogP contribution in [0.15, 0.2) is 57.7 Å². The van der Waals surface area contributed by atoms with E-state index in [1.807, 2.05) is 30.3 Å². The number of carbonyl (C=O) groups is 1. The largest absolute Gasteiger partial charge is 0.497 e. The lowest BCUT2D eigenvalue weighted by atomic mass is 10.1. The van der Waals surface area contributed by atoms with Crippen molar-refractivity contribution >= 4 is 5.91 Å². The van der Waals surface area contributed by atoms with E-state index in [-0.39, 0.29) is 5.91 Å². The van der Waals surface area contributed by atoms with Gasteiger partial charge in [-0.2, -0.15) is 0 Å². The third kappa shape index (κ3) is 3.60. The van der Waals surface area contributed by atoms with Crippen LogP contribution in [0, 0.1) is 0 Å². The smallest absolute Gasteiger partial charge is 0.286 e. The lowest BCUT2D eigenvalue weighted by Gasteiger charge is -2.00. The number of hydrogen-bond donors (Lipinski definition) is 1. The van der Waals surface area contributed by atoms with E-state index < -0.39 is 0 Å². The summed E-state index contributed by atoms with van der Waals surface area (Å²) >= 11 is 0. The summed E-state index contributed by atoms with van der Waals surface area (Å²) in [5.41, 5.74) is 1.66. The van der Waals surface area contributed by atoms with Crippen LogP contribution in [0.2, 0.25) is 0 Å². The van der Waals surface area contributed by atoms with Crippen molar-refractivity contribution in [2.45, 2.75) is 6.42 Å². The van der Waals surface area contributed by atoms with Crippen LogP contribution >= 0.6 is 0 Å². The molecular formula is C17H16N2O4. The molecule has 0 bridgehead atoms. The fourth-order valence-corrected chi connectivity index (χ4v) is 2.14. The molecule has 6 nitrogen and oxygen atoms in total. The maximum atomic E-state index is 11.7. The minimum Gasteiger partial charge on any atom is -0.497 e. The molecule has 0 aliphatic rings. The predicted octanol–water partition coefficient (Wildman–Crippen LogP) is 2.92. The van der Waals surface area contributed by atoms with Gasteiger partial charge in [-0.25, -0.2) is 0 Å². The average molecular weight is 312 g/mol. The van der Waals surface area contributed by atoms with Crippen LogP contribution < -0.4 is 10.1 Å². The molecule has 0 fully saturated rings. The number of nitrogens with zero attached hydrogens (tertiary/aromatic N) is 1. The Kier molecular flexibility index (Phi) is 4.42. The standard InChI is InChI=1S/C17H16N2O4/c1-21-14-5-2-4-12(10-14)16-11-13(19-23-16)7-8-18-17(20)15-6-3-9-22-15/h2-6,9-11H,7-8H2,1H3,(H,18,20). The van der Waals surface area contributed by atoms with Crippen LogP contribution in [0.25, 0.3) is 11.3 Å². The zero-order valence-corrected chi connectivity index (χ0v) is 12.6. The summed E-state index contributed by atoms with van der Waals surface area (Å²) in [6.07, 6.45) is 2.03. The van der Waals surface area contributed by atoms with Crippen molar-refractivity contribution in [3.05, 3.63) is 60.2 Å². The van der Waals surface area contributed by atoms with E-state index in [2.05, 4.69) is 10.5 Å². The summed E-state index contributed by atoms with van der Waals surface area (Å²) in [7, 11) is 1.62. The van der Waals surface area contributed by atoms with Gasteiger partial charge >= 0.3 is 0 Å². The maximum absolute atomic E-state index is 11.7. The molecule has 1 N–H and O–H groups in total. The van der Waals surface area contributed by atoms with Crippen LogP contribution in [0.3, 0.4) is 0 Å². The Balaban J connectivity index is 1.58. The Labute approximate surface area is 133 Å². The number of aromatic nitrogens is 1. The van der Waals surface area contributed by atoms with Crippen molar-refractivity contribution in [2.75, 3.05) is 13.7 Å². The number of carbonyl (C=O) groups excluding carboxylic acids is 1. The van der Waals surface area contributed by atoms with E-state index in [0.29, 0.717) is 24.5 Å². The highest BCUT2D eigenvalue weighted by Crippen LogP contribution is 2.24. The van der Waals surface area contributed by atoms with E-state index in [1.165, 1.54) is 6.26 Å². The van der Waals surface area contributed by atoms with Crippen LogP contribution in [0.1, 0.15) is 16.2 Å². The molecule has 0 aliphatic heterocycles. The number of methoxy groups -OCH3 is 1. The van der Waals surface area contributed by atoms with Gasteiger partial charge in [-0.1, -0.05) is 17.3 Å². The van der Waals surface area contributed by atoms with Gasteiger partial charge in [0.15, 0.2) is 11.5 Å². The molecule has 23 heavy (non-hydrogen) atoms. The highest BCUT2D eigenvalue weighted by molar-refractivity contribution is 5.91. The third-order valence-electron chi connectivity index (χ3n) is 3.32. The molecule has 0 unspecified atom stereocenters. The summed E-state index contributed by atoms with van der Waals surface area (Å²) in [6, 6.07) is 12.7. The molecule has 1 aromatic carbocycles.